The molecule has 1 saturated carbocycles. The predicted octanol–water partition coefficient (Wildman–Crippen LogP) is 1.47. The summed E-state index contributed by atoms with van der Waals surface area (Å²) in [4.78, 5) is 16.2. The molecule has 4 heteroatoms. The lowest BCUT2D eigenvalue weighted by atomic mass is 10.0. The molecule has 2 heterocycles. The predicted molar refractivity (Wildman–Crippen MR) is 65.7 cm³/mol. The third-order valence-electron chi connectivity index (χ3n) is 3.80. The normalized spacial score (nSPS) is 24.9. The summed E-state index contributed by atoms with van der Waals surface area (Å²) in [5, 5.41) is 6.17. The second-order valence-electron chi connectivity index (χ2n) is 5.35. The highest BCUT2D eigenvalue weighted by Crippen LogP contribution is 2.51. The van der Waals surface area contributed by atoms with E-state index in [1.54, 1.807) is 6.20 Å². The molecule has 2 aliphatic rings. The van der Waals surface area contributed by atoms with Crippen LogP contribution in [0.3, 0.4) is 0 Å². The highest BCUT2D eigenvalue weighted by Gasteiger charge is 2.49. The summed E-state index contributed by atoms with van der Waals surface area (Å²) in [5.41, 5.74) is 1.54. The summed E-state index contributed by atoms with van der Waals surface area (Å²) in [7, 11) is 0. The first-order chi connectivity index (χ1) is 8.17. The molecule has 0 unspecified atom stereocenters. The summed E-state index contributed by atoms with van der Waals surface area (Å²) in [6.45, 7) is 2.97. The molecule has 0 aromatic carbocycles. The first-order valence-corrected chi connectivity index (χ1v) is 6.14. The van der Waals surface area contributed by atoms with Crippen molar-refractivity contribution in [3.05, 3.63) is 23.9 Å². The van der Waals surface area contributed by atoms with Crippen LogP contribution < -0.4 is 10.6 Å². The Bertz CT molecular complexity index is 436. The SMILES string of the molecule is Cc1ccc(NC(=O)[C@@H]2CC3(CC3)CN2)nc1. The fourth-order valence-electron chi connectivity index (χ4n) is 2.42. The van der Waals surface area contributed by atoms with Crippen LogP contribution in [0.15, 0.2) is 18.3 Å². The standard InChI is InChI=1S/C13H17N3O/c1-9-2-3-11(14-7-9)16-12(17)10-6-13(4-5-13)8-15-10/h2-3,7,10,15H,4-6,8H2,1H3,(H,14,16,17)/t10-/m0/s1. The highest BCUT2D eigenvalue weighted by molar-refractivity contribution is 5.94. The van der Waals surface area contributed by atoms with Crippen LogP contribution in [0.2, 0.25) is 0 Å². The first-order valence-electron chi connectivity index (χ1n) is 6.14. The average Bonchev–Trinajstić information content (AvgIpc) is 2.92. The van der Waals surface area contributed by atoms with E-state index in [0.29, 0.717) is 11.2 Å². The number of aromatic nitrogens is 1. The molecule has 1 spiro atoms. The van der Waals surface area contributed by atoms with Gasteiger partial charge in [-0.1, -0.05) is 6.07 Å². The maximum Gasteiger partial charge on any atom is 0.242 e. The van der Waals surface area contributed by atoms with E-state index >= 15 is 0 Å². The Kier molecular flexibility index (Phi) is 2.40. The zero-order valence-electron chi connectivity index (χ0n) is 9.99. The number of hydrogen-bond acceptors (Lipinski definition) is 3. The van der Waals surface area contributed by atoms with Gasteiger partial charge in [0.15, 0.2) is 0 Å². The highest BCUT2D eigenvalue weighted by atomic mass is 16.2. The van der Waals surface area contributed by atoms with E-state index in [1.165, 1.54) is 12.8 Å². The van der Waals surface area contributed by atoms with Crippen LogP contribution in [0.1, 0.15) is 24.8 Å². The third-order valence-corrected chi connectivity index (χ3v) is 3.80. The van der Waals surface area contributed by atoms with Crippen LogP contribution >= 0.6 is 0 Å². The molecule has 1 aliphatic heterocycles. The second-order valence-corrected chi connectivity index (χ2v) is 5.35. The van der Waals surface area contributed by atoms with Crippen LogP contribution in [-0.2, 0) is 4.79 Å². The average molecular weight is 231 g/mol. The third kappa shape index (κ3) is 2.17. The van der Waals surface area contributed by atoms with E-state index in [2.05, 4.69) is 15.6 Å². The topological polar surface area (TPSA) is 54.0 Å². The maximum absolute atomic E-state index is 12.0. The number of hydrogen-bond donors (Lipinski definition) is 2. The smallest absolute Gasteiger partial charge is 0.242 e. The lowest BCUT2D eigenvalue weighted by molar-refractivity contribution is -0.117. The summed E-state index contributed by atoms with van der Waals surface area (Å²) in [5.74, 6) is 0.685. The van der Waals surface area contributed by atoms with Gasteiger partial charge in [0.2, 0.25) is 5.91 Å². The molecule has 3 rings (SSSR count). The van der Waals surface area contributed by atoms with Crippen molar-refractivity contribution >= 4 is 11.7 Å². The monoisotopic (exact) mass is 231 g/mol. The molecule has 90 valence electrons. The van der Waals surface area contributed by atoms with E-state index < -0.39 is 0 Å². The fourth-order valence-corrected chi connectivity index (χ4v) is 2.42. The number of nitrogens with zero attached hydrogens (tertiary/aromatic N) is 1. The summed E-state index contributed by atoms with van der Waals surface area (Å²) in [6.07, 6.45) is 5.28. The molecule has 1 saturated heterocycles. The van der Waals surface area contributed by atoms with Crippen LogP contribution in [0.4, 0.5) is 5.82 Å². The Labute approximate surface area is 101 Å². The van der Waals surface area contributed by atoms with Gasteiger partial charge >= 0.3 is 0 Å². The maximum atomic E-state index is 12.0. The van der Waals surface area contributed by atoms with Crippen LogP contribution in [0, 0.1) is 12.3 Å². The van der Waals surface area contributed by atoms with Gasteiger partial charge in [0.05, 0.1) is 6.04 Å². The number of carbonyl (C=O) groups excluding carboxylic acids is 1. The van der Waals surface area contributed by atoms with Gasteiger partial charge in [-0.05, 0) is 43.2 Å². The second kappa shape index (κ2) is 3.81. The van der Waals surface area contributed by atoms with Crippen molar-refractivity contribution in [2.45, 2.75) is 32.2 Å². The van der Waals surface area contributed by atoms with Crippen molar-refractivity contribution in [3.63, 3.8) is 0 Å². The number of nitrogens with one attached hydrogen (secondary N) is 2. The van der Waals surface area contributed by atoms with Gasteiger partial charge in [-0.15, -0.1) is 0 Å². The molecular formula is C13H17N3O. The van der Waals surface area contributed by atoms with Gasteiger partial charge in [-0.2, -0.15) is 0 Å². The molecule has 17 heavy (non-hydrogen) atoms. The Balaban J connectivity index is 1.61. The lowest BCUT2D eigenvalue weighted by Gasteiger charge is -2.10. The van der Waals surface area contributed by atoms with Gasteiger partial charge in [-0.25, -0.2) is 4.98 Å². The summed E-state index contributed by atoms with van der Waals surface area (Å²) < 4.78 is 0. The van der Waals surface area contributed by atoms with E-state index in [1.807, 2.05) is 19.1 Å². The molecule has 4 nitrogen and oxygen atoms in total. The minimum Gasteiger partial charge on any atom is -0.309 e. The van der Waals surface area contributed by atoms with Crippen LogP contribution in [0.25, 0.3) is 0 Å². The largest absolute Gasteiger partial charge is 0.309 e. The first kappa shape index (κ1) is 10.7. The van der Waals surface area contributed by atoms with Crippen molar-refractivity contribution < 1.29 is 4.79 Å². The number of carbonyl (C=O) groups is 1. The quantitative estimate of drug-likeness (QED) is 0.810. The van der Waals surface area contributed by atoms with Gasteiger partial charge in [-0.3, -0.25) is 4.79 Å². The lowest BCUT2D eigenvalue weighted by Crippen LogP contribution is -2.35. The van der Waals surface area contributed by atoms with Crippen LogP contribution in [0.5, 0.6) is 0 Å². The molecule has 1 amide bonds. The van der Waals surface area contributed by atoms with Crippen molar-refractivity contribution in [2.24, 2.45) is 5.41 Å². The molecule has 1 aliphatic carbocycles. The van der Waals surface area contributed by atoms with Crippen molar-refractivity contribution in [2.75, 3.05) is 11.9 Å². The van der Waals surface area contributed by atoms with Gasteiger partial charge < -0.3 is 10.6 Å². The van der Waals surface area contributed by atoms with Crippen molar-refractivity contribution in [1.82, 2.24) is 10.3 Å². The van der Waals surface area contributed by atoms with E-state index in [4.69, 9.17) is 0 Å². The number of pyridine rings is 1. The van der Waals surface area contributed by atoms with E-state index in [-0.39, 0.29) is 11.9 Å². The molecule has 0 bridgehead atoms. The Morgan fingerprint density at radius 3 is 2.94 bits per heavy atom. The molecule has 0 radical (unpaired) electrons. The van der Waals surface area contributed by atoms with Gasteiger partial charge in [0.25, 0.3) is 0 Å². The van der Waals surface area contributed by atoms with Gasteiger partial charge in [0, 0.05) is 12.7 Å². The molecule has 2 fully saturated rings. The zero-order chi connectivity index (χ0) is 11.9. The van der Waals surface area contributed by atoms with Gasteiger partial charge in [0.1, 0.15) is 5.82 Å². The zero-order valence-corrected chi connectivity index (χ0v) is 9.99. The Hall–Kier alpha value is -1.42. The molecule has 1 atom stereocenters. The number of rotatable bonds is 2. The van der Waals surface area contributed by atoms with Crippen LogP contribution in [-0.4, -0.2) is 23.5 Å². The minimum atomic E-state index is -0.0411. The van der Waals surface area contributed by atoms with E-state index in [0.717, 1.165) is 18.5 Å². The molecule has 1 aromatic rings. The summed E-state index contributed by atoms with van der Waals surface area (Å²) in [6, 6.07) is 3.75. The van der Waals surface area contributed by atoms with Crippen molar-refractivity contribution in [1.29, 1.82) is 0 Å². The Morgan fingerprint density at radius 1 is 1.53 bits per heavy atom. The minimum absolute atomic E-state index is 0.0411. The van der Waals surface area contributed by atoms with Crippen molar-refractivity contribution in [3.8, 4) is 0 Å². The fraction of sp³-hybridized carbons (Fsp3) is 0.538. The molecule has 1 aromatic heterocycles. The number of amides is 1. The Morgan fingerprint density at radius 2 is 2.35 bits per heavy atom. The summed E-state index contributed by atoms with van der Waals surface area (Å²) >= 11 is 0. The number of anilines is 1. The molecule has 2 N–H and O–H groups in total. The van der Waals surface area contributed by atoms with E-state index in [9.17, 15) is 4.79 Å². The molecular weight excluding hydrogens is 214 g/mol. The number of aryl methyl sites for hydroxylation is 1.